The number of pyridine rings is 1. The average Bonchev–Trinajstić information content (AvgIpc) is 2.74. The lowest BCUT2D eigenvalue weighted by atomic mass is 10.2. The van der Waals surface area contributed by atoms with Crippen molar-refractivity contribution in [2.24, 2.45) is 0 Å². The van der Waals surface area contributed by atoms with Crippen LogP contribution in [-0.4, -0.2) is 52.7 Å². The number of carbonyl (C=O) groups is 1. The molecule has 2 aromatic heterocycles. The Balaban J connectivity index is 1.47. The van der Waals surface area contributed by atoms with E-state index in [1.54, 1.807) is 12.3 Å². The minimum atomic E-state index is -0.304. The van der Waals surface area contributed by atoms with Crippen LogP contribution in [0.5, 0.6) is 0 Å². The first kappa shape index (κ1) is 20.1. The molecule has 0 aliphatic carbocycles. The number of amides is 2. The molecule has 2 amide bonds. The first-order valence-electron chi connectivity index (χ1n) is 9.79. The number of carbonyl (C=O) groups excluding carboxylic acids is 1. The van der Waals surface area contributed by atoms with Crippen molar-refractivity contribution in [3.63, 3.8) is 0 Å². The number of aromatic nitrogens is 3. The molecular weight excluding hydrogens is 404 g/mol. The molecule has 0 saturated carbocycles. The normalized spacial score (nSPS) is 16.3. The second-order valence-electron chi connectivity index (χ2n) is 6.83. The van der Waals surface area contributed by atoms with Crippen LogP contribution in [0.25, 0.3) is 11.0 Å². The standard InChI is InChI=1S/C20H23ClN8O/c1-2-22-20(30)27-17-8-3-13-11-24-19(28-18(13)26-17)25-14-4-6-15(7-5-14)29-10-9-23-16(21)12-29/h3-8,11,16,23H,2,9-10,12H2,1H3,(H3,22,24,25,26,27,28,30). The van der Waals surface area contributed by atoms with E-state index < -0.39 is 0 Å². The SMILES string of the molecule is CCNC(=O)Nc1ccc2cnc(Nc3ccc(N4CCNC(Cl)C4)cc3)nc2n1. The van der Waals surface area contributed by atoms with Crippen molar-refractivity contribution in [1.29, 1.82) is 0 Å². The smallest absolute Gasteiger partial charge is 0.320 e. The van der Waals surface area contributed by atoms with Crippen molar-refractivity contribution in [3.05, 3.63) is 42.6 Å². The number of benzene rings is 1. The molecule has 4 rings (SSSR count). The molecule has 1 aliphatic rings. The maximum absolute atomic E-state index is 11.7. The second-order valence-corrected chi connectivity index (χ2v) is 7.35. The average molecular weight is 427 g/mol. The first-order valence-corrected chi connectivity index (χ1v) is 10.2. The van der Waals surface area contributed by atoms with Crippen molar-refractivity contribution in [3.8, 4) is 0 Å². The number of nitrogens with zero attached hydrogens (tertiary/aromatic N) is 4. The van der Waals surface area contributed by atoms with Crippen molar-refractivity contribution in [2.75, 3.05) is 41.7 Å². The van der Waals surface area contributed by atoms with Crippen molar-refractivity contribution in [2.45, 2.75) is 12.4 Å². The summed E-state index contributed by atoms with van der Waals surface area (Å²) >= 11 is 6.19. The molecule has 3 heterocycles. The fraction of sp³-hybridized carbons (Fsp3) is 0.300. The van der Waals surface area contributed by atoms with E-state index in [0.29, 0.717) is 24.0 Å². The third-order valence-corrected chi connectivity index (χ3v) is 4.93. The third-order valence-electron chi connectivity index (χ3n) is 4.64. The summed E-state index contributed by atoms with van der Waals surface area (Å²) in [7, 11) is 0. The molecule has 1 unspecified atom stereocenters. The van der Waals surface area contributed by atoms with Crippen LogP contribution >= 0.6 is 11.6 Å². The number of rotatable bonds is 5. The molecule has 3 aromatic rings. The van der Waals surface area contributed by atoms with Gasteiger partial charge >= 0.3 is 6.03 Å². The summed E-state index contributed by atoms with van der Waals surface area (Å²) in [6, 6.07) is 11.3. The number of nitrogens with one attached hydrogen (secondary N) is 4. The maximum Gasteiger partial charge on any atom is 0.320 e. The number of piperazine rings is 1. The van der Waals surface area contributed by atoms with Gasteiger partial charge in [0, 0.05) is 49.1 Å². The van der Waals surface area contributed by atoms with Gasteiger partial charge in [0.25, 0.3) is 0 Å². The topological polar surface area (TPSA) is 107 Å². The zero-order chi connectivity index (χ0) is 20.9. The van der Waals surface area contributed by atoms with Crippen LogP contribution in [0, 0.1) is 0 Å². The molecule has 1 fully saturated rings. The summed E-state index contributed by atoms with van der Waals surface area (Å²) < 4.78 is 0. The van der Waals surface area contributed by atoms with Gasteiger partial charge in [0.15, 0.2) is 5.65 Å². The number of hydrogen-bond donors (Lipinski definition) is 4. The van der Waals surface area contributed by atoms with E-state index in [1.165, 1.54) is 0 Å². The van der Waals surface area contributed by atoms with Gasteiger partial charge in [-0.25, -0.2) is 14.8 Å². The second kappa shape index (κ2) is 9.10. The van der Waals surface area contributed by atoms with Gasteiger partial charge in [-0.15, -0.1) is 11.6 Å². The fourth-order valence-electron chi connectivity index (χ4n) is 3.18. The Morgan fingerprint density at radius 2 is 2.07 bits per heavy atom. The lowest BCUT2D eigenvalue weighted by molar-refractivity contribution is 0.252. The van der Waals surface area contributed by atoms with Gasteiger partial charge in [0.05, 0.1) is 0 Å². The number of urea groups is 1. The molecule has 10 heteroatoms. The zero-order valence-electron chi connectivity index (χ0n) is 16.5. The molecule has 0 spiro atoms. The minimum absolute atomic E-state index is 0.0394. The molecule has 30 heavy (non-hydrogen) atoms. The number of fused-ring (bicyclic) bond motifs is 1. The van der Waals surface area contributed by atoms with Crippen molar-refractivity contribution < 1.29 is 4.79 Å². The van der Waals surface area contributed by atoms with Gasteiger partial charge in [-0.1, -0.05) is 0 Å². The molecule has 156 valence electrons. The highest BCUT2D eigenvalue weighted by molar-refractivity contribution is 6.20. The first-order chi connectivity index (χ1) is 14.6. The monoisotopic (exact) mass is 426 g/mol. The Morgan fingerprint density at radius 1 is 1.23 bits per heavy atom. The molecular formula is C20H23ClN8O. The number of hydrogen-bond acceptors (Lipinski definition) is 7. The van der Waals surface area contributed by atoms with Crippen LogP contribution in [0.2, 0.25) is 0 Å². The van der Waals surface area contributed by atoms with Crippen LogP contribution in [0.3, 0.4) is 0 Å². The fourth-order valence-corrected chi connectivity index (χ4v) is 3.46. The Bertz CT molecular complexity index is 1030. The van der Waals surface area contributed by atoms with Crippen molar-refractivity contribution in [1.82, 2.24) is 25.6 Å². The summed E-state index contributed by atoms with van der Waals surface area (Å²) in [5.74, 6) is 0.858. The van der Waals surface area contributed by atoms with E-state index in [9.17, 15) is 4.79 Å². The highest BCUT2D eigenvalue weighted by atomic mass is 35.5. The Kier molecular flexibility index (Phi) is 6.10. The minimum Gasteiger partial charge on any atom is -0.367 e. The van der Waals surface area contributed by atoms with Crippen LogP contribution in [-0.2, 0) is 0 Å². The molecule has 0 bridgehead atoms. The molecule has 0 radical (unpaired) electrons. The van der Waals surface area contributed by atoms with Gasteiger partial charge in [-0.3, -0.25) is 10.6 Å². The Hall–Kier alpha value is -3.17. The van der Waals surface area contributed by atoms with Gasteiger partial charge < -0.3 is 15.5 Å². The summed E-state index contributed by atoms with van der Waals surface area (Å²) in [6.07, 6.45) is 1.70. The predicted molar refractivity (Wildman–Crippen MR) is 120 cm³/mol. The molecule has 9 nitrogen and oxygen atoms in total. The summed E-state index contributed by atoms with van der Waals surface area (Å²) in [4.78, 5) is 27.1. The molecule has 1 aromatic carbocycles. The van der Waals surface area contributed by atoms with Crippen LogP contribution < -0.4 is 26.2 Å². The molecule has 1 aliphatic heterocycles. The van der Waals surface area contributed by atoms with E-state index >= 15 is 0 Å². The van der Waals surface area contributed by atoms with Crippen molar-refractivity contribution >= 4 is 51.8 Å². The van der Waals surface area contributed by atoms with E-state index in [-0.39, 0.29) is 11.5 Å². The summed E-state index contributed by atoms with van der Waals surface area (Å²) in [6.45, 7) is 4.94. The van der Waals surface area contributed by atoms with E-state index in [4.69, 9.17) is 11.6 Å². The van der Waals surface area contributed by atoms with Gasteiger partial charge in [-0.05, 0) is 43.3 Å². The Labute approximate surface area is 179 Å². The maximum atomic E-state index is 11.7. The largest absolute Gasteiger partial charge is 0.367 e. The van der Waals surface area contributed by atoms with E-state index in [2.05, 4.69) is 41.1 Å². The molecule has 1 atom stereocenters. The molecule has 1 saturated heterocycles. The van der Waals surface area contributed by atoms with Crippen LogP contribution in [0.1, 0.15) is 6.92 Å². The van der Waals surface area contributed by atoms with Gasteiger partial charge in [0.2, 0.25) is 5.95 Å². The number of alkyl halides is 1. The van der Waals surface area contributed by atoms with Crippen LogP contribution in [0.15, 0.2) is 42.6 Å². The third kappa shape index (κ3) is 4.87. The van der Waals surface area contributed by atoms with Gasteiger partial charge in [-0.2, -0.15) is 4.98 Å². The number of halogens is 1. The number of anilines is 4. The zero-order valence-corrected chi connectivity index (χ0v) is 17.3. The quantitative estimate of drug-likeness (QED) is 0.367. The summed E-state index contributed by atoms with van der Waals surface area (Å²) in [5.41, 5.74) is 2.44. The van der Waals surface area contributed by atoms with E-state index in [1.807, 2.05) is 37.3 Å². The molecule has 4 N–H and O–H groups in total. The highest BCUT2D eigenvalue weighted by Gasteiger charge is 2.17. The lowest BCUT2D eigenvalue weighted by Gasteiger charge is -2.32. The van der Waals surface area contributed by atoms with Crippen LogP contribution in [0.4, 0.5) is 27.9 Å². The summed E-state index contributed by atoms with van der Waals surface area (Å²) in [5, 5.41) is 12.6. The lowest BCUT2D eigenvalue weighted by Crippen LogP contribution is -2.48. The van der Waals surface area contributed by atoms with E-state index in [0.717, 1.165) is 36.4 Å². The highest BCUT2D eigenvalue weighted by Crippen LogP contribution is 2.22. The Morgan fingerprint density at radius 3 is 2.83 bits per heavy atom. The predicted octanol–water partition coefficient (Wildman–Crippen LogP) is 2.88. The van der Waals surface area contributed by atoms with Gasteiger partial charge in [0.1, 0.15) is 11.3 Å².